The number of rotatable bonds is 8. The molecule has 0 heterocycles. The third kappa shape index (κ3) is 5.91. The molecule has 0 aliphatic carbocycles. The van der Waals surface area contributed by atoms with Gasteiger partial charge in [-0.2, -0.15) is 0 Å². The summed E-state index contributed by atoms with van der Waals surface area (Å²) in [6, 6.07) is 7.51. The summed E-state index contributed by atoms with van der Waals surface area (Å²) < 4.78 is 10.5. The third-order valence-corrected chi connectivity index (χ3v) is 2.42. The van der Waals surface area contributed by atoms with E-state index >= 15 is 0 Å². The smallest absolute Gasteiger partial charge is 0.330 e. The molecule has 0 aliphatic rings. The fourth-order valence-corrected chi connectivity index (χ4v) is 1.42. The second-order valence-corrected chi connectivity index (χ2v) is 3.99. The Labute approximate surface area is 114 Å². The first-order chi connectivity index (χ1) is 9.27. The molecule has 0 amide bonds. The summed E-state index contributed by atoms with van der Waals surface area (Å²) in [5.74, 6) is 0.395. The van der Waals surface area contributed by atoms with Crippen LogP contribution in [-0.4, -0.2) is 19.2 Å². The molecule has 0 aromatic heterocycles. The van der Waals surface area contributed by atoms with Crippen LogP contribution in [0.5, 0.6) is 5.75 Å². The first-order valence-electron chi connectivity index (χ1n) is 6.45. The number of hydrogen-bond acceptors (Lipinski definition) is 3. The molecule has 102 valence electrons. The van der Waals surface area contributed by atoms with E-state index in [1.165, 1.54) is 6.08 Å². The minimum absolute atomic E-state index is 0.327. The van der Waals surface area contributed by atoms with E-state index in [-0.39, 0.29) is 5.97 Å². The van der Waals surface area contributed by atoms with Crippen LogP contribution < -0.4 is 4.74 Å². The normalized spacial score (nSPS) is 10.4. The fourth-order valence-electron chi connectivity index (χ4n) is 1.42. The standard InChI is InChI=1S/C16H20O3/c1-3-5-13-19-16(17)11-10-14-8-6-7-9-15(14)18-12-4-2/h4,6-11H,2-3,5,12-13H2,1H3/b11-10+. The van der Waals surface area contributed by atoms with E-state index in [0.717, 1.165) is 24.2 Å². The molecule has 0 N–H and O–H groups in total. The molecule has 0 saturated carbocycles. The van der Waals surface area contributed by atoms with Crippen molar-refractivity contribution in [3.8, 4) is 5.75 Å². The molecule has 1 rings (SSSR count). The van der Waals surface area contributed by atoms with E-state index in [4.69, 9.17) is 9.47 Å². The Balaban J connectivity index is 2.59. The summed E-state index contributed by atoms with van der Waals surface area (Å²) in [6.07, 6.45) is 6.70. The van der Waals surface area contributed by atoms with E-state index in [1.807, 2.05) is 24.3 Å². The zero-order chi connectivity index (χ0) is 13.9. The topological polar surface area (TPSA) is 35.5 Å². The van der Waals surface area contributed by atoms with Gasteiger partial charge >= 0.3 is 5.97 Å². The highest BCUT2D eigenvalue weighted by molar-refractivity contribution is 5.87. The SMILES string of the molecule is C=CCOc1ccccc1/C=C/C(=O)OCCCC. The first-order valence-corrected chi connectivity index (χ1v) is 6.45. The molecule has 0 radical (unpaired) electrons. The molecule has 19 heavy (non-hydrogen) atoms. The highest BCUT2D eigenvalue weighted by Crippen LogP contribution is 2.19. The van der Waals surface area contributed by atoms with Crippen molar-refractivity contribution in [2.75, 3.05) is 13.2 Å². The lowest BCUT2D eigenvalue weighted by Crippen LogP contribution is -2.01. The maximum atomic E-state index is 11.5. The van der Waals surface area contributed by atoms with Crippen molar-refractivity contribution in [2.45, 2.75) is 19.8 Å². The van der Waals surface area contributed by atoms with Gasteiger partial charge in [-0.3, -0.25) is 0 Å². The summed E-state index contributed by atoms with van der Waals surface area (Å²) in [5.41, 5.74) is 0.844. The van der Waals surface area contributed by atoms with Crippen LogP contribution in [0.3, 0.4) is 0 Å². The molecular weight excluding hydrogens is 240 g/mol. The van der Waals surface area contributed by atoms with Crippen LogP contribution in [0.4, 0.5) is 0 Å². The second-order valence-electron chi connectivity index (χ2n) is 3.99. The number of carbonyl (C=O) groups excluding carboxylic acids is 1. The Morgan fingerprint density at radius 3 is 2.89 bits per heavy atom. The van der Waals surface area contributed by atoms with Crippen LogP contribution in [-0.2, 0) is 9.53 Å². The van der Waals surface area contributed by atoms with Gasteiger partial charge in [0, 0.05) is 11.6 Å². The molecule has 3 nitrogen and oxygen atoms in total. The van der Waals surface area contributed by atoms with Gasteiger partial charge in [0.15, 0.2) is 0 Å². The van der Waals surface area contributed by atoms with Crippen LogP contribution in [0.1, 0.15) is 25.3 Å². The van der Waals surface area contributed by atoms with Gasteiger partial charge in [0.1, 0.15) is 12.4 Å². The van der Waals surface area contributed by atoms with Crippen LogP contribution in [0, 0.1) is 0 Å². The maximum absolute atomic E-state index is 11.5. The zero-order valence-electron chi connectivity index (χ0n) is 11.3. The van der Waals surface area contributed by atoms with E-state index in [0.29, 0.717) is 13.2 Å². The Kier molecular flexibility index (Phi) is 7.10. The number of benzene rings is 1. The summed E-state index contributed by atoms with van der Waals surface area (Å²) in [5, 5.41) is 0. The van der Waals surface area contributed by atoms with Gasteiger partial charge in [-0.05, 0) is 18.6 Å². The molecule has 0 atom stereocenters. The van der Waals surface area contributed by atoms with E-state index < -0.39 is 0 Å². The Hall–Kier alpha value is -2.03. The molecule has 0 fully saturated rings. The predicted molar refractivity (Wildman–Crippen MR) is 77.0 cm³/mol. The van der Waals surface area contributed by atoms with E-state index in [2.05, 4.69) is 13.5 Å². The molecule has 0 spiro atoms. The molecule has 3 heteroatoms. The van der Waals surface area contributed by atoms with Crippen molar-refractivity contribution in [2.24, 2.45) is 0 Å². The second kappa shape index (κ2) is 8.97. The van der Waals surface area contributed by atoms with Gasteiger partial charge < -0.3 is 9.47 Å². The van der Waals surface area contributed by atoms with Crippen LogP contribution in [0.2, 0.25) is 0 Å². The highest BCUT2D eigenvalue weighted by atomic mass is 16.5. The first kappa shape index (κ1) is 15.0. The Morgan fingerprint density at radius 1 is 1.37 bits per heavy atom. The van der Waals surface area contributed by atoms with Gasteiger partial charge in [0.25, 0.3) is 0 Å². The lowest BCUT2D eigenvalue weighted by Gasteiger charge is -2.06. The van der Waals surface area contributed by atoms with Crippen molar-refractivity contribution in [3.05, 3.63) is 48.6 Å². The van der Waals surface area contributed by atoms with Crippen molar-refractivity contribution < 1.29 is 14.3 Å². The average molecular weight is 260 g/mol. The summed E-state index contributed by atoms with van der Waals surface area (Å²) in [6.45, 7) is 6.56. The highest BCUT2D eigenvalue weighted by Gasteiger charge is 2.00. The quantitative estimate of drug-likeness (QED) is 0.310. The lowest BCUT2D eigenvalue weighted by molar-refractivity contribution is -0.137. The van der Waals surface area contributed by atoms with Gasteiger partial charge in [-0.1, -0.05) is 44.2 Å². The Morgan fingerprint density at radius 2 is 2.16 bits per heavy atom. The van der Waals surface area contributed by atoms with Crippen molar-refractivity contribution in [1.82, 2.24) is 0 Å². The van der Waals surface area contributed by atoms with Gasteiger partial charge in [-0.15, -0.1) is 0 Å². The number of hydrogen-bond donors (Lipinski definition) is 0. The molecule has 1 aromatic carbocycles. The average Bonchev–Trinajstić information content (AvgIpc) is 2.44. The van der Waals surface area contributed by atoms with Gasteiger partial charge in [0.05, 0.1) is 6.61 Å². The summed E-state index contributed by atoms with van der Waals surface area (Å²) in [4.78, 5) is 11.5. The monoisotopic (exact) mass is 260 g/mol. The summed E-state index contributed by atoms with van der Waals surface area (Å²) >= 11 is 0. The number of carbonyl (C=O) groups is 1. The minimum Gasteiger partial charge on any atom is -0.489 e. The number of unbranched alkanes of at least 4 members (excludes halogenated alkanes) is 1. The van der Waals surface area contributed by atoms with Crippen LogP contribution in [0.25, 0.3) is 6.08 Å². The largest absolute Gasteiger partial charge is 0.489 e. The number of ether oxygens (including phenoxy) is 2. The summed E-state index contributed by atoms with van der Waals surface area (Å²) in [7, 11) is 0. The Bertz CT molecular complexity index is 435. The van der Waals surface area contributed by atoms with E-state index in [1.54, 1.807) is 12.2 Å². The third-order valence-electron chi connectivity index (χ3n) is 2.42. The number of esters is 1. The van der Waals surface area contributed by atoms with Crippen LogP contribution in [0.15, 0.2) is 43.0 Å². The van der Waals surface area contributed by atoms with Crippen molar-refractivity contribution in [1.29, 1.82) is 0 Å². The molecule has 1 aromatic rings. The maximum Gasteiger partial charge on any atom is 0.330 e. The van der Waals surface area contributed by atoms with Crippen molar-refractivity contribution >= 4 is 12.0 Å². The molecule has 0 aliphatic heterocycles. The van der Waals surface area contributed by atoms with Gasteiger partial charge in [-0.25, -0.2) is 4.79 Å². The molecule has 0 unspecified atom stereocenters. The number of para-hydroxylation sites is 1. The molecular formula is C16H20O3. The predicted octanol–water partition coefficient (Wildman–Crippen LogP) is 3.61. The van der Waals surface area contributed by atoms with Crippen LogP contribution >= 0.6 is 0 Å². The van der Waals surface area contributed by atoms with Gasteiger partial charge in [0.2, 0.25) is 0 Å². The zero-order valence-corrected chi connectivity index (χ0v) is 11.3. The minimum atomic E-state index is -0.327. The fraction of sp³-hybridized carbons (Fsp3) is 0.312. The van der Waals surface area contributed by atoms with E-state index in [9.17, 15) is 4.79 Å². The molecule has 0 saturated heterocycles. The van der Waals surface area contributed by atoms with Crippen molar-refractivity contribution in [3.63, 3.8) is 0 Å². The lowest BCUT2D eigenvalue weighted by atomic mass is 10.2. The molecule has 0 bridgehead atoms.